The lowest BCUT2D eigenvalue weighted by atomic mass is 9.86. The molecule has 0 unspecified atom stereocenters. The Bertz CT molecular complexity index is 534. The van der Waals surface area contributed by atoms with Gasteiger partial charge in [-0.1, -0.05) is 36.4 Å². The summed E-state index contributed by atoms with van der Waals surface area (Å²) in [7, 11) is 0. The van der Waals surface area contributed by atoms with Gasteiger partial charge in [0.25, 0.3) is 0 Å². The van der Waals surface area contributed by atoms with E-state index in [0.29, 0.717) is 5.78 Å². The standard InChI is InChI=1S/C18H20O/c19-17-13-7-12-16(17)18(14-8-3-1-4-9-14)15-10-5-2-6-11-15/h1,3-4,8-10H,2,5-7,11-13H2/b18-16+. The molecule has 0 bridgehead atoms. The number of Topliss-reactive ketones (excluding diaryl/α,β-unsaturated/α-hetero) is 1. The van der Waals surface area contributed by atoms with Crippen LogP contribution in [-0.4, -0.2) is 5.78 Å². The molecule has 0 aromatic heterocycles. The Morgan fingerprint density at radius 3 is 2.37 bits per heavy atom. The van der Waals surface area contributed by atoms with Crippen LogP contribution in [0.15, 0.2) is 47.6 Å². The van der Waals surface area contributed by atoms with Gasteiger partial charge in [0.15, 0.2) is 5.78 Å². The molecule has 1 saturated carbocycles. The van der Waals surface area contributed by atoms with Crippen LogP contribution in [0.5, 0.6) is 0 Å². The first-order valence-electron chi connectivity index (χ1n) is 7.37. The molecule has 0 radical (unpaired) electrons. The maximum absolute atomic E-state index is 12.1. The Labute approximate surface area is 115 Å². The molecule has 1 aromatic carbocycles. The first kappa shape index (κ1) is 12.4. The van der Waals surface area contributed by atoms with E-state index in [1.54, 1.807) is 0 Å². The topological polar surface area (TPSA) is 17.1 Å². The van der Waals surface area contributed by atoms with Crippen molar-refractivity contribution in [3.63, 3.8) is 0 Å². The lowest BCUT2D eigenvalue weighted by Gasteiger charge is -2.19. The Balaban J connectivity index is 2.11. The van der Waals surface area contributed by atoms with E-state index in [-0.39, 0.29) is 0 Å². The first-order valence-corrected chi connectivity index (χ1v) is 7.37. The van der Waals surface area contributed by atoms with Gasteiger partial charge in [0.05, 0.1) is 0 Å². The molecule has 0 spiro atoms. The minimum Gasteiger partial charge on any atom is -0.295 e. The highest BCUT2D eigenvalue weighted by Gasteiger charge is 2.24. The highest BCUT2D eigenvalue weighted by Crippen LogP contribution is 2.37. The minimum absolute atomic E-state index is 0.366. The molecule has 1 nitrogen and oxygen atoms in total. The molecule has 0 heterocycles. The number of benzene rings is 1. The van der Waals surface area contributed by atoms with Gasteiger partial charge in [0, 0.05) is 12.0 Å². The van der Waals surface area contributed by atoms with Gasteiger partial charge in [-0.15, -0.1) is 0 Å². The molecule has 0 aliphatic heterocycles. The lowest BCUT2D eigenvalue weighted by Crippen LogP contribution is -2.03. The second-order valence-corrected chi connectivity index (χ2v) is 5.47. The average molecular weight is 252 g/mol. The summed E-state index contributed by atoms with van der Waals surface area (Å²) in [6.07, 6.45) is 9.90. The number of carbonyl (C=O) groups excluding carboxylic acids is 1. The van der Waals surface area contributed by atoms with Gasteiger partial charge >= 0.3 is 0 Å². The number of rotatable bonds is 2. The molecule has 0 atom stereocenters. The van der Waals surface area contributed by atoms with Gasteiger partial charge in [-0.05, 0) is 55.2 Å². The fourth-order valence-electron chi connectivity index (χ4n) is 3.20. The van der Waals surface area contributed by atoms with Crippen molar-refractivity contribution < 1.29 is 4.79 Å². The number of ketones is 1. The fourth-order valence-corrected chi connectivity index (χ4v) is 3.20. The van der Waals surface area contributed by atoms with Crippen LogP contribution in [0, 0.1) is 0 Å². The molecule has 2 aliphatic carbocycles. The third kappa shape index (κ3) is 2.56. The number of allylic oxidation sites excluding steroid dienone is 4. The molecule has 2 aliphatic rings. The van der Waals surface area contributed by atoms with Crippen molar-refractivity contribution in [1.82, 2.24) is 0 Å². The second-order valence-electron chi connectivity index (χ2n) is 5.47. The Morgan fingerprint density at radius 2 is 1.74 bits per heavy atom. The van der Waals surface area contributed by atoms with Crippen molar-refractivity contribution in [1.29, 1.82) is 0 Å². The maximum atomic E-state index is 12.1. The minimum atomic E-state index is 0.366. The third-order valence-corrected chi connectivity index (χ3v) is 4.14. The van der Waals surface area contributed by atoms with Crippen molar-refractivity contribution in [3.05, 3.63) is 53.1 Å². The van der Waals surface area contributed by atoms with Gasteiger partial charge in [-0.3, -0.25) is 4.79 Å². The monoisotopic (exact) mass is 252 g/mol. The molecule has 0 saturated heterocycles. The van der Waals surface area contributed by atoms with Crippen LogP contribution in [-0.2, 0) is 4.79 Å². The Hall–Kier alpha value is -1.63. The zero-order valence-electron chi connectivity index (χ0n) is 11.3. The van der Waals surface area contributed by atoms with Crippen LogP contribution < -0.4 is 0 Å². The van der Waals surface area contributed by atoms with Crippen LogP contribution in [0.1, 0.15) is 50.5 Å². The SMILES string of the molecule is O=C1CCC/C1=C(\C1=CCCCC1)c1ccccc1. The highest BCUT2D eigenvalue weighted by atomic mass is 16.1. The van der Waals surface area contributed by atoms with Crippen LogP contribution in [0.2, 0.25) is 0 Å². The summed E-state index contributed by atoms with van der Waals surface area (Å²) < 4.78 is 0. The smallest absolute Gasteiger partial charge is 0.159 e. The summed E-state index contributed by atoms with van der Waals surface area (Å²) in [4.78, 5) is 12.1. The zero-order valence-corrected chi connectivity index (χ0v) is 11.3. The van der Waals surface area contributed by atoms with Gasteiger partial charge < -0.3 is 0 Å². The van der Waals surface area contributed by atoms with Crippen LogP contribution in [0.25, 0.3) is 5.57 Å². The average Bonchev–Trinajstić information content (AvgIpc) is 2.88. The van der Waals surface area contributed by atoms with Crippen molar-refractivity contribution >= 4 is 11.4 Å². The second kappa shape index (κ2) is 5.56. The molecule has 19 heavy (non-hydrogen) atoms. The first-order chi connectivity index (χ1) is 9.36. The van der Waals surface area contributed by atoms with E-state index in [0.717, 1.165) is 37.7 Å². The van der Waals surface area contributed by atoms with Gasteiger partial charge in [0.2, 0.25) is 0 Å². The predicted octanol–water partition coefficient (Wildman–Crippen LogP) is 4.69. The lowest BCUT2D eigenvalue weighted by molar-refractivity contribution is -0.114. The largest absolute Gasteiger partial charge is 0.295 e. The van der Waals surface area contributed by atoms with E-state index < -0.39 is 0 Å². The Kier molecular flexibility index (Phi) is 3.63. The highest BCUT2D eigenvalue weighted by molar-refractivity contribution is 6.07. The quantitative estimate of drug-likeness (QED) is 0.698. The van der Waals surface area contributed by atoms with E-state index in [2.05, 4.69) is 30.3 Å². The molecule has 1 aromatic rings. The van der Waals surface area contributed by atoms with Crippen molar-refractivity contribution in [2.45, 2.75) is 44.9 Å². The molecule has 0 N–H and O–H groups in total. The third-order valence-electron chi connectivity index (χ3n) is 4.14. The van der Waals surface area contributed by atoms with E-state index in [1.807, 2.05) is 6.07 Å². The summed E-state index contributed by atoms with van der Waals surface area (Å²) in [5, 5.41) is 0. The number of hydrogen-bond acceptors (Lipinski definition) is 1. The Morgan fingerprint density at radius 1 is 0.895 bits per heavy atom. The van der Waals surface area contributed by atoms with Crippen LogP contribution in [0.4, 0.5) is 0 Å². The fraction of sp³-hybridized carbons (Fsp3) is 0.389. The molecular weight excluding hydrogens is 232 g/mol. The summed E-state index contributed by atoms with van der Waals surface area (Å²) in [6, 6.07) is 10.5. The summed E-state index contributed by atoms with van der Waals surface area (Å²) in [5.41, 5.74) is 4.96. The summed E-state index contributed by atoms with van der Waals surface area (Å²) >= 11 is 0. The molecular formula is C18H20O. The summed E-state index contributed by atoms with van der Waals surface area (Å²) in [6.45, 7) is 0. The maximum Gasteiger partial charge on any atom is 0.159 e. The van der Waals surface area contributed by atoms with Crippen molar-refractivity contribution in [3.8, 4) is 0 Å². The van der Waals surface area contributed by atoms with Crippen LogP contribution in [0.3, 0.4) is 0 Å². The van der Waals surface area contributed by atoms with Crippen molar-refractivity contribution in [2.75, 3.05) is 0 Å². The van der Waals surface area contributed by atoms with Crippen molar-refractivity contribution in [2.24, 2.45) is 0 Å². The molecule has 98 valence electrons. The van der Waals surface area contributed by atoms with E-state index in [4.69, 9.17) is 0 Å². The van der Waals surface area contributed by atoms with E-state index in [9.17, 15) is 4.79 Å². The normalized spacial score (nSPS) is 22.3. The number of carbonyl (C=O) groups is 1. The van der Waals surface area contributed by atoms with Gasteiger partial charge in [-0.2, -0.15) is 0 Å². The van der Waals surface area contributed by atoms with E-state index in [1.165, 1.54) is 29.6 Å². The summed E-state index contributed by atoms with van der Waals surface area (Å²) in [5.74, 6) is 0.366. The molecule has 0 amide bonds. The van der Waals surface area contributed by atoms with Gasteiger partial charge in [-0.25, -0.2) is 0 Å². The van der Waals surface area contributed by atoms with E-state index >= 15 is 0 Å². The molecule has 1 heteroatoms. The van der Waals surface area contributed by atoms with Crippen LogP contribution >= 0.6 is 0 Å². The predicted molar refractivity (Wildman–Crippen MR) is 78.8 cm³/mol. The molecule has 1 fully saturated rings. The molecule has 3 rings (SSSR count). The number of hydrogen-bond donors (Lipinski definition) is 0. The zero-order chi connectivity index (χ0) is 13.1. The van der Waals surface area contributed by atoms with Gasteiger partial charge in [0.1, 0.15) is 0 Å².